The molecule has 0 saturated carbocycles. The van der Waals surface area contributed by atoms with Crippen LogP contribution in [0.4, 0.5) is 17.1 Å². The van der Waals surface area contributed by atoms with Crippen molar-refractivity contribution in [2.75, 3.05) is 4.90 Å². The SMILES string of the molecule is c1ccc(-c2ccc(N(c3ccccc3)c3cccc4c3-c3ccccc3C43c4ccccc4-c4ccccc43)c(-c3ccccc3)c2)cc1. The Kier molecular flexibility index (Phi) is 6.47. The molecule has 0 atom stereocenters. The van der Waals surface area contributed by atoms with E-state index in [4.69, 9.17) is 0 Å². The van der Waals surface area contributed by atoms with Crippen molar-refractivity contribution in [3.05, 3.63) is 222 Å². The minimum Gasteiger partial charge on any atom is -0.309 e. The lowest BCUT2D eigenvalue weighted by Crippen LogP contribution is -2.26. The third-order valence-corrected chi connectivity index (χ3v) is 10.7. The molecule has 0 aromatic heterocycles. The van der Waals surface area contributed by atoms with Crippen molar-refractivity contribution in [2.24, 2.45) is 0 Å². The van der Waals surface area contributed by atoms with Crippen molar-refractivity contribution >= 4 is 17.1 Å². The van der Waals surface area contributed by atoms with E-state index in [-0.39, 0.29) is 0 Å². The summed E-state index contributed by atoms with van der Waals surface area (Å²) in [5.74, 6) is 0. The summed E-state index contributed by atoms with van der Waals surface area (Å²) in [4.78, 5) is 2.48. The number of nitrogens with zero attached hydrogens (tertiary/aromatic N) is 1. The van der Waals surface area contributed by atoms with Crippen molar-refractivity contribution in [2.45, 2.75) is 5.41 Å². The molecule has 234 valence electrons. The quantitative estimate of drug-likeness (QED) is 0.182. The molecular formula is C49H33N. The van der Waals surface area contributed by atoms with Gasteiger partial charge in [0.1, 0.15) is 0 Å². The number of rotatable bonds is 5. The maximum absolute atomic E-state index is 2.48. The van der Waals surface area contributed by atoms with E-state index in [0.29, 0.717) is 0 Å². The van der Waals surface area contributed by atoms with Crippen molar-refractivity contribution in [1.29, 1.82) is 0 Å². The highest BCUT2D eigenvalue weighted by Gasteiger charge is 2.52. The average Bonchev–Trinajstić information content (AvgIpc) is 3.67. The van der Waals surface area contributed by atoms with Gasteiger partial charge in [0.2, 0.25) is 0 Å². The van der Waals surface area contributed by atoms with Crippen molar-refractivity contribution < 1.29 is 0 Å². The van der Waals surface area contributed by atoms with Crippen LogP contribution in [-0.4, -0.2) is 0 Å². The predicted molar refractivity (Wildman–Crippen MR) is 208 cm³/mol. The van der Waals surface area contributed by atoms with Gasteiger partial charge in [0, 0.05) is 16.8 Å². The highest BCUT2D eigenvalue weighted by Crippen LogP contribution is 2.64. The second kappa shape index (κ2) is 11.3. The summed E-state index contributed by atoms with van der Waals surface area (Å²) in [6, 6.07) is 73.4. The molecule has 8 aromatic carbocycles. The smallest absolute Gasteiger partial charge is 0.0726 e. The lowest BCUT2D eigenvalue weighted by Gasteiger charge is -2.32. The normalized spacial score (nSPS) is 13.0. The van der Waals surface area contributed by atoms with Gasteiger partial charge in [-0.15, -0.1) is 0 Å². The second-order valence-electron chi connectivity index (χ2n) is 13.2. The van der Waals surface area contributed by atoms with Gasteiger partial charge in [0.15, 0.2) is 0 Å². The van der Waals surface area contributed by atoms with Gasteiger partial charge >= 0.3 is 0 Å². The van der Waals surface area contributed by atoms with E-state index in [0.717, 1.165) is 11.4 Å². The summed E-state index contributed by atoms with van der Waals surface area (Å²) in [6.45, 7) is 0. The monoisotopic (exact) mass is 635 g/mol. The van der Waals surface area contributed by atoms with Crippen LogP contribution in [0, 0.1) is 0 Å². The molecule has 0 heterocycles. The third kappa shape index (κ3) is 4.07. The standard InChI is InChI=1S/C49H33N/c1-4-17-34(18-5-1)36-31-32-46(41(33-36)35-19-6-2-7-20-35)50(37-21-8-3-9-22-37)47-30-16-29-45-48(47)40-25-12-15-28-44(40)49(45)42-26-13-10-23-38(42)39-24-11-14-27-43(39)49/h1-33H. The summed E-state index contributed by atoms with van der Waals surface area (Å²) in [5, 5.41) is 0. The maximum atomic E-state index is 2.48. The lowest BCUT2D eigenvalue weighted by molar-refractivity contribution is 0.794. The number of hydrogen-bond acceptors (Lipinski definition) is 1. The molecule has 2 aliphatic rings. The van der Waals surface area contributed by atoms with Crippen LogP contribution in [0.1, 0.15) is 22.3 Å². The Balaban J connectivity index is 1.29. The summed E-state index contributed by atoms with van der Waals surface area (Å²) >= 11 is 0. The minimum absolute atomic E-state index is 0.406. The van der Waals surface area contributed by atoms with Crippen LogP contribution in [-0.2, 0) is 5.41 Å². The van der Waals surface area contributed by atoms with Gasteiger partial charge in [0.25, 0.3) is 0 Å². The van der Waals surface area contributed by atoms with Crippen molar-refractivity contribution in [1.82, 2.24) is 0 Å². The molecule has 0 fully saturated rings. The third-order valence-electron chi connectivity index (χ3n) is 10.7. The summed E-state index contributed by atoms with van der Waals surface area (Å²) in [6.07, 6.45) is 0. The van der Waals surface area contributed by atoms with Gasteiger partial charge < -0.3 is 4.90 Å². The first-order valence-electron chi connectivity index (χ1n) is 17.4. The van der Waals surface area contributed by atoms with Gasteiger partial charge in [-0.2, -0.15) is 0 Å². The van der Waals surface area contributed by atoms with E-state index in [2.05, 4.69) is 205 Å². The number of benzene rings is 8. The molecule has 0 amide bonds. The average molecular weight is 636 g/mol. The van der Waals surface area contributed by atoms with Crippen LogP contribution in [0.5, 0.6) is 0 Å². The van der Waals surface area contributed by atoms with Crippen molar-refractivity contribution in [3.63, 3.8) is 0 Å². The number of hydrogen-bond donors (Lipinski definition) is 0. The van der Waals surface area contributed by atoms with Gasteiger partial charge in [0.05, 0.1) is 16.8 Å². The molecule has 1 spiro atoms. The fourth-order valence-corrected chi connectivity index (χ4v) is 8.69. The first kappa shape index (κ1) is 28.6. The zero-order valence-corrected chi connectivity index (χ0v) is 27.5. The lowest BCUT2D eigenvalue weighted by atomic mass is 9.70. The Bertz CT molecular complexity index is 2490. The number of para-hydroxylation sites is 1. The molecule has 8 aromatic rings. The molecule has 1 nitrogen and oxygen atoms in total. The maximum Gasteiger partial charge on any atom is 0.0726 e. The van der Waals surface area contributed by atoms with E-state index in [9.17, 15) is 0 Å². The Labute approximate surface area is 293 Å². The van der Waals surface area contributed by atoms with E-state index >= 15 is 0 Å². The molecule has 1 heteroatoms. The van der Waals surface area contributed by atoms with Crippen LogP contribution in [0.25, 0.3) is 44.5 Å². The molecule has 0 radical (unpaired) electrons. The van der Waals surface area contributed by atoms with E-state index in [1.165, 1.54) is 72.4 Å². The fraction of sp³-hybridized carbons (Fsp3) is 0.0204. The second-order valence-corrected chi connectivity index (χ2v) is 13.2. The van der Waals surface area contributed by atoms with Gasteiger partial charge in [-0.3, -0.25) is 0 Å². The molecule has 0 unspecified atom stereocenters. The first-order chi connectivity index (χ1) is 24.8. The number of anilines is 3. The summed E-state index contributed by atoms with van der Waals surface area (Å²) < 4.78 is 0. The van der Waals surface area contributed by atoms with Crippen LogP contribution >= 0.6 is 0 Å². The first-order valence-corrected chi connectivity index (χ1v) is 17.4. The molecule has 50 heavy (non-hydrogen) atoms. The highest BCUT2D eigenvalue weighted by molar-refractivity contribution is 6.02. The topological polar surface area (TPSA) is 3.24 Å². The molecular weight excluding hydrogens is 603 g/mol. The van der Waals surface area contributed by atoms with Gasteiger partial charge in [-0.05, 0) is 86.0 Å². The predicted octanol–water partition coefficient (Wildman–Crippen LogP) is 12.8. The van der Waals surface area contributed by atoms with E-state index in [1.54, 1.807) is 0 Å². The Morgan fingerprint density at radius 1 is 0.300 bits per heavy atom. The highest BCUT2D eigenvalue weighted by atomic mass is 15.1. The minimum atomic E-state index is -0.406. The Morgan fingerprint density at radius 3 is 1.44 bits per heavy atom. The zero-order valence-electron chi connectivity index (χ0n) is 27.5. The van der Waals surface area contributed by atoms with Crippen molar-refractivity contribution in [3.8, 4) is 44.5 Å². The number of fused-ring (bicyclic) bond motifs is 10. The molecule has 0 bridgehead atoms. The van der Waals surface area contributed by atoms with Crippen LogP contribution in [0.3, 0.4) is 0 Å². The molecule has 0 N–H and O–H groups in total. The molecule has 2 aliphatic carbocycles. The molecule has 10 rings (SSSR count). The molecule has 0 aliphatic heterocycles. The summed E-state index contributed by atoms with van der Waals surface area (Å²) in [7, 11) is 0. The van der Waals surface area contributed by atoms with E-state index < -0.39 is 5.41 Å². The summed E-state index contributed by atoms with van der Waals surface area (Å²) in [5.41, 5.74) is 18.4. The van der Waals surface area contributed by atoms with Gasteiger partial charge in [-0.25, -0.2) is 0 Å². The van der Waals surface area contributed by atoms with Gasteiger partial charge in [-0.1, -0.05) is 170 Å². The van der Waals surface area contributed by atoms with Crippen LogP contribution in [0.15, 0.2) is 200 Å². The fourth-order valence-electron chi connectivity index (χ4n) is 8.69. The Morgan fingerprint density at radius 2 is 0.800 bits per heavy atom. The van der Waals surface area contributed by atoms with E-state index in [1.807, 2.05) is 0 Å². The largest absolute Gasteiger partial charge is 0.309 e. The van der Waals surface area contributed by atoms with Crippen LogP contribution < -0.4 is 4.90 Å². The van der Waals surface area contributed by atoms with Crippen LogP contribution in [0.2, 0.25) is 0 Å². The molecule has 0 saturated heterocycles. The Hall–Kier alpha value is -6.44. The zero-order chi connectivity index (χ0) is 33.1.